The molecule has 0 saturated carbocycles. The highest BCUT2D eigenvalue weighted by molar-refractivity contribution is 6.31. The number of nitrogens with zero attached hydrogens (tertiary/aromatic N) is 3. The third kappa shape index (κ3) is 3.66. The smallest absolute Gasteiger partial charge is 0.272 e. The van der Waals surface area contributed by atoms with Crippen LogP contribution in [0.5, 0.6) is 0 Å². The predicted molar refractivity (Wildman–Crippen MR) is 91.9 cm³/mol. The Hall–Kier alpha value is -2.16. The zero-order valence-corrected chi connectivity index (χ0v) is 14.0. The van der Waals surface area contributed by atoms with Crippen molar-refractivity contribution in [3.05, 3.63) is 41.0 Å². The van der Waals surface area contributed by atoms with E-state index in [2.05, 4.69) is 11.1 Å². The lowest BCUT2D eigenvalue weighted by Gasteiger charge is -2.33. The van der Waals surface area contributed by atoms with Crippen molar-refractivity contribution >= 4 is 28.4 Å². The van der Waals surface area contributed by atoms with Gasteiger partial charge in [0.15, 0.2) is 0 Å². The van der Waals surface area contributed by atoms with Gasteiger partial charge in [-0.25, -0.2) is 4.98 Å². The van der Waals surface area contributed by atoms with E-state index in [1.807, 2.05) is 12.1 Å². The van der Waals surface area contributed by atoms with E-state index in [9.17, 15) is 4.79 Å². The molecule has 5 nitrogen and oxygen atoms in total. The van der Waals surface area contributed by atoms with Gasteiger partial charge >= 0.3 is 0 Å². The van der Waals surface area contributed by atoms with Crippen molar-refractivity contribution < 1.29 is 9.53 Å². The lowest BCUT2D eigenvalue weighted by molar-refractivity contribution is 0.0293. The summed E-state index contributed by atoms with van der Waals surface area (Å²) in [7, 11) is 0. The predicted octanol–water partition coefficient (Wildman–Crippen LogP) is 3.42. The molecular weight excluding hydrogens is 326 g/mol. The Labute approximate surface area is 145 Å². The van der Waals surface area contributed by atoms with E-state index >= 15 is 0 Å². The number of benzene rings is 1. The SMILES string of the molecule is N#CCCN(C(=O)c1ccc2ccc(Cl)cc2n1)C1CCOCC1. The minimum Gasteiger partial charge on any atom is -0.381 e. The largest absolute Gasteiger partial charge is 0.381 e. The second kappa shape index (κ2) is 7.61. The number of carbonyl (C=O) groups is 1. The number of nitriles is 1. The van der Waals surface area contributed by atoms with Crippen LogP contribution in [-0.4, -0.2) is 41.6 Å². The van der Waals surface area contributed by atoms with Gasteiger partial charge in [0, 0.05) is 36.2 Å². The first kappa shape index (κ1) is 16.7. The highest BCUT2D eigenvalue weighted by atomic mass is 35.5. The van der Waals surface area contributed by atoms with Gasteiger partial charge in [-0.3, -0.25) is 4.79 Å². The van der Waals surface area contributed by atoms with Crippen LogP contribution >= 0.6 is 11.6 Å². The lowest BCUT2D eigenvalue weighted by atomic mass is 10.1. The molecule has 1 saturated heterocycles. The van der Waals surface area contributed by atoms with Gasteiger partial charge in [0.05, 0.1) is 18.0 Å². The number of pyridine rings is 1. The normalized spacial score (nSPS) is 15.2. The van der Waals surface area contributed by atoms with Crippen molar-refractivity contribution in [3.8, 4) is 6.07 Å². The molecule has 0 atom stereocenters. The van der Waals surface area contributed by atoms with Crippen LogP contribution in [0.25, 0.3) is 10.9 Å². The molecule has 1 aromatic carbocycles. The molecule has 1 amide bonds. The highest BCUT2D eigenvalue weighted by Crippen LogP contribution is 2.21. The minimum atomic E-state index is -0.140. The maximum Gasteiger partial charge on any atom is 0.272 e. The van der Waals surface area contributed by atoms with Crippen LogP contribution in [0.1, 0.15) is 29.8 Å². The number of halogens is 1. The zero-order valence-electron chi connectivity index (χ0n) is 13.2. The van der Waals surface area contributed by atoms with Crippen molar-refractivity contribution in [3.63, 3.8) is 0 Å². The molecule has 2 aromatic rings. The molecule has 3 rings (SSSR count). The Morgan fingerprint density at radius 1 is 1.33 bits per heavy atom. The summed E-state index contributed by atoms with van der Waals surface area (Å²) in [6, 6.07) is 11.2. The van der Waals surface area contributed by atoms with Crippen molar-refractivity contribution in [2.75, 3.05) is 19.8 Å². The Bertz CT molecular complexity index is 781. The Kier molecular flexibility index (Phi) is 5.29. The van der Waals surface area contributed by atoms with Crippen LogP contribution in [0.2, 0.25) is 5.02 Å². The fourth-order valence-electron chi connectivity index (χ4n) is 2.97. The summed E-state index contributed by atoms with van der Waals surface area (Å²) in [5.74, 6) is -0.140. The molecule has 1 fully saturated rings. The van der Waals surface area contributed by atoms with E-state index in [0.29, 0.717) is 42.4 Å². The first-order valence-electron chi connectivity index (χ1n) is 8.01. The quantitative estimate of drug-likeness (QED) is 0.853. The molecule has 0 spiro atoms. The van der Waals surface area contributed by atoms with Gasteiger partial charge in [-0.15, -0.1) is 0 Å². The second-order valence-corrected chi connectivity index (χ2v) is 6.22. The summed E-state index contributed by atoms with van der Waals surface area (Å²) in [4.78, 5) is 19.2. The van der Waals surface area contributed by atoms with Gasteiger partial charge in [0.2, 0.25) is 0 Å². The zero-order chi connectivity index (χ0) is 16.9. The molecule has 0 unspecified atom stereocenters. The van der Waals surface area contributed by atoms with Crippen LogP contribution in [0.15, 0.2) is 30.3 Å². The molecule has 0 N–H and O–H groups in total. The summed E-state index contributed by atoms with van der Waals surface area (Å²) < 4.78 is 5.38. The van der Waals surface area contributed by atoms with Crippen molar-refractivity contribution in [1.29, 1.82) is 5.26 Å². The monoisotopic (exact) mass is 343 g/mol. The summed E-state index contributed by atoms with van der Waals surface area (Å²) >= 11 is 6.02. The number of fused-ring (bicyclic) bond motifs is 1. The Morgan fingerprint density at radius 2 is 2.08 bits per heavy atom. The number of hydrogen-bond donors (Lipinski definition) is 0. The molecule has 6 heteroatoms. The average Bonchev–Trinajstić information content (AvgIpc) is 2.62. The summed E-state index contributed by atoms with van der Waals surface area (Å²) in [5, 5.41) is 10.4. The Balaban J connectivity index is 1.89. The maximum atomic E-state index is 13.0. The molecule has 0 radical (unpaired) electrons. The molecule has 2 heterocycles. The van der Waals surface area contributed by atoms with Gasteiger partial charge in [-0.05, 0) is 31.0 Å². The Morgan fingerprint density at radius 3 is 2.83 bits per heavy atom. The number of ether oxygens (including phenoxy) is 1. The van der Waals surface area contributed by atoms with E-state index in [1.165, 1.54) is 0 Å². The minimum absolute atomic E-state index is 0.0939. The molecule has 24 heavy (non-hydrogen) atoms. The molecule has 124 valence electrons. The van der Waals surface area contributed by atoms with Gasteiger partial charge in [-0.1, -0.05) is 23.7 Å². The van der Waals surface area contributed by atoms with E-state index in [1.54, 1.807) is 23.1 Å². The fourth-order valence-corrected chi connectivity index (χ4v) is 3.14. The van der Waals surface area contributed by atoms with Crippen LogP contribution < -0.4 is 0 Å². The molecule has 1 aromatic heterocycles. The highest BCUT2D eigenvalue weighted by Gasteiger charge is 2.27. The number of aromatic nitrogens is 1. The van der Waals surface area contributed by atoms with Gasteiger partial charge in [0.25, 0.3) is 5.91 Å². The number of carbonyl (C=O) groups excluding carboxylic acids is 1. The van der Waals surface area contributed by atoms with Gasteiger partial charge in [-0.2, -0.15) is 5.26 Å². The number of rotatable bonds is 4. The van der Waals surface area contributed by atoms with Crippen LogP contribution in [0.4, 0.5) is 0 Å². The van der Waals surface area contributed by atoms with Crippen LogP contribution in [-0.2, 0) is 4.74 Å². The standard InChI is InChI=1S/C18H18ClN3O2/c19-14-4-2-13-3-5-16(21-17(13)12-14)18(23)22(9-1-8-20)15-6-10-24-11-7-15/h2-5,12,15H,1,6-7,9-11H2. The van der Waals surface area contributed by atoms with Crippen LogP contribution in [0.3, 0.4) is 0 Å². The maximum absolute atomic E-state index is 13.0. The van der Waals surface area contributed by atoms with Gasteiger partial charge < -0.3 is 9.64 Å². The van der Waals surface area contributed by atoms with E-state index in [-0.39, 0.29) is 11.9 Å². The summed E-state index contributed by atoms with van der Waals surface area (Å²) in [5.41, 5.74) is 1.08. The fraction of sp³-hybridized carbons (Fsp3) is 0.389. The van der Waals surface area contributed by atoms with E-state index < -0.39 is 0 Å². The molecule has 0 aliphatic carbocycles. The molecular formula is C18H18ClN3O2. The van der Waals surface area contributed by atoms with E-state index in [0.717, 1.165) is 18.2 Å². The average molecular weight is 344 g/mol. The molecule has 1 aliphatic heterocycles. The first-order valence-corrected chi connectivity index (χ1v) is 8.39. The van der Waals surface area contributed by atoms with Crippen molar-refractivity contribution in [2.24, 2.45) is 0 Å². The van der Waals surface area contributed by atoms with Crippen LogP contribution in [0, 0.1) is 11.3 Å². The molecule has 0 bridgehead atoms. The second-order valence-electron chi connectivity index (χ2n) is 5.78. The summed E-state index contributed by atoms with van der Waals surface area (Å²) in [6.07, 6.45) is 1.88. The van der Waals surface area contributed by atoms with Gasteiger partial charge in [0.1, 0.15) is 5.69 Å². The summed E-state index contributed by atoms with van der Waals surface area (Å²) in [6.45, 7) is 1.69. The third-order valence-corrected chi connectivity index (χ3v) is 4.47. The topological polar surface area (TPSA) is 66.2 Å². The van der Waals surface area contributed by atoms with Crippen molar-refractivity contribution in [1.82, 2.24) is 9.88 Å². The van der Waals surface area contributed by atoms with Crippen molar-refractivity contribution in [2.45, 2.75) is 25.3 Å². The number of hydrogen-bond acceptors (Lipinski definition) is 4. The lowest BCUT2D eigenvalue weighted by Crippen LogP contribution is -2.44. The third-order valence-electron chi connectivity index (χ3n) is 4.23. The molecule has 1 aliphatic rings. The first-order chi connectivity index (χ1) is 11.7. The van der Waals surface area contributed by atoms with E-state index in [4.69, 9.17) is 21.6 Å². The number of amides is 1.